The van der Waals surface area contributed by atoms with E-state index in [1.807, 2.05) is 57.2 Å². The number of nitrogens with one attached hydrogen (secondary N) is 1. The van der Waals surface area contributed by atoms with E-state index in [0.717, 1.165) is 39.8 Å². The molecule has 4 rings (SSSR count). The second-order valence-corrected chi connectivity index (χ2v) is 6.67. The lowest BCUT2D eigenvalue weighted by Crippen LogP contribution is -2.12. The van der Waals surface area contributed by atoms with Crippen LogP contribution in [-0.4, -0.2) is 30.9 Å². The fourth-order valence-corrected chi connectivity index (χ4v) is 3.13. The first kappa shape index (κ1) is 17.8. The van der Waals surface area contributed by atoms with Crippen molar-refractivity contribution in [1.29, 1.82) is 0 Å². The minimum Gasteiger partial charge on any atom is -0.361 e. The van der Waals surface area contributed by atoms with Gasteiger partial charge in [-0.3, -0.25) is 4.79 Å². The number of nitrogens with zero attached hydrogens (tertiary/aromatic N) is 5. The number of carbonyl (C=O) groups excluding carboxylic acids is 1. The number of anilines is 1. The summed E-state index contributed by atoms with van der Waals surface area (Å²) in [6.07, 6.45) is 0.953. The number of aryl methyl sites for hydroxylation is 3. The molecule has 1 aromatic carbocycles. The van der Waals surface area contributed by atoms with Crippen molar-refractivity contribution in [2.75, 3.05) is 5.32 Å². The lowest BCUT2D eigenvalue weighted by atomic mass is 10.1. The molecule has 28 heavy (non-hydrogen) atoms. The number of amides is 1. The maximum atomic E-state index is 12.4. The minimum atomic E-state index is -0.0600. The van der Waals surface area contributed by atoms with Gasteiger partial charge in [0.2, 0.25) is 5.91 Å². The summed E-state index contributed by atoms with van der Waals surface area (Å²) in [5, 5.41) is 19.5. The molecule has 1 amide bonds. The number of hydrogen-bond acceptors (Lipinski definition) is 6. The number of rotatable bonds is 5. The molecule has 0 atom stereocenters. The third-order valence-corrected chi connectivity index (χ3v) is 4.64. The molecular weight excluding hydrogens is 356 g/mol. The molecule has 8 nitrogen and oxygen atoms in total. The highest BCUT2D eigenvalue weighted by atomic mass is 16.5. The zero-order chi connectivity index (χ0) is 19.7. The molecule has 1 N–H and O–H groups in total. The van der Waals surface area contributed by atoms with Crippen molar-refractivity contribution in [3.8, 4) is 11.3 Å². The van der Waals surface area contributed by atoms with Gasteiger partial charge in [-0.25, -0.2) is 0 Å². The molecule has 142 valence electrons. The molecule has 0 spiro atoms. The van der Waals surface area contributed by atoms with E-state index in [2.05, 4.69) is 25.8 Å². The van der Waals surface area contributed by atoms with Crippen LogP contribution < -0.4 is 5.32 Å². The smallest absolute Gasteiger partial charge is 0.224 e. The lowest BCUT2D eigenvalue weighted by molar-refractivity contribution is -0.116. The summed E-state index contributed by atoms with van der Waals surface area (Å²) in [5.41, 5.74) is 4.93. The Bertz CT molecular complexity index is 1140. The van der Waals surface area contributed by atoms with E-state index >= 15 is 0 Å². The van der Waals surface area contributed by atoms with Crippen molar-refractivity contribution in [2.45, 2.75) is 33.6 Å². The molecule has 3 aromatic heterocycles. The van der Waals surface area contributed by atoms with Crippen LogP contribution in [0.1, 0.15) is 29.3 Å². The van der Waals surface area contributed by atoms with E-state index in [1.54, 1.807) is 4.52 Å². The molecule has 0 saturated heterocycles. The van der Waals surface area contributed by atoms with E-state index < -0.39 is 0 Å². The Morgan fingerprint density at radius 1 is 1.14 bits per heavy atom. The first-order chi connectivity index (χ1) is 13.5. The average Bonchev–Trinajstić information content (AvgIpc) is 3.22. The van der Waals surface area contributed by atoms with Crippen LogP contribution in [0.3, 0.4) is 0 Å². The maximum Gasteiger partial charge on any atom is 0.224 e. The van der Waals surface area contributed by atoms with E-state index in [1.165, 1.54) is 0 Å². The van der Waals surface area contributed by atoms with Gasteiger partial charge >= 0.3 is 0 Å². The highest BCUT2D eigenvalue weighted by Gasteiger charge is 2.12. The number of hydrogen-bond donors (Lipinski definition) is 1. The van der Waals surface area contributed by atoms with Crippen LogP contribution in [0.15, 0.2) is 40.9 Å². The highest BCUT2D eigenvalue weighted by Crippen LogP contribution is 2.22. The summed E-state index contributed by atoms with van der Waals surface area (Å²) >= 11 is 0. The SMILES string of the molecule is Cc1noc(C)c1CCC(=O)Nc1cccc(-c2ccc3nnc(C)n3n2)c1. The van der Waals surface area contributed by atoms with Crippen LogP contribution in [0.4, 0.5) is 5.69 Å². The molecule has 0 unspecified atom stereocenters. The molecule has 0 radical (unpaired) electrons. The van der Waals surface area contributed by atoms with Crippen LogP contribution in [0, 0.1) is 20.8 Å². The molecule has 0 aliphatic carbocycles. The third-order valence-electron chi connectivity index (χ3n) is 4.64. The number of aromatic nitrogens is 5. The fourth-order valence-electron chi connectivity index (χ4n) is 3.13. The van der Waals surface area contributed by atoms with Gasteiger partial charge in [0.25, 0.3) is 0 Å². The first-order valence-corrected chi connectivity index (χ1v) is 9.02. The van der Waals surface area contributed by atoms with Crippen LogP contribution >= 0.6 is 0 Å². The van der Waals surface area contributed by atoms with Gasteiger partial charge in [0.15, 0.2) is 11.5 Å². The predicted molar refractivity (Wildman–Crippen MR) is 104 cm³/mol. The van der Waals surface area contributed by atoms with Crippen LogP contribution in [0.5, 0.6) is 0 Å². The molecule has 0 bridgehead atoms. The van der Waals surface area contributed by atoms with Gasteiger partial charge in [-0.05, 0) is 51.5 Å². The Kier molecular flexibility index (Phi) is 4.60. The molecule has 0 saturated carbocycles. The molecule has 4 aromatic rings. The molecule has 0 fully saturated rings. The average molecular weight is 376 g/mol. The monoisotopic (exact) mass is 376 g/mol. The predicted octanol–water partition coefficient (Wildman–Crippen LogP) is 3.28. The van der Waals surface area contributed by atoms with E-state index in [4.69, 9.17) is 4.52 Å². The van der Waals surface area contributed by atoms with Gasteiger partial charge < -0.3 is 9.84 Å². The highest BCUT2D eigenvalue weighted by molar-refractivity contribution is 5.91. The van der Waals surface area contributed by atoms with Crippen molar-refractivity contribution in [3.05, 3.63) is 59.2 Å². The second kappa shape index (κ2) is 7.22. The van der Waals surface area contributed by atoms with Crippen molar-refractivity contribution >= 4 is 17.2 Å². The molecule has 0 aliphatic rings. The number of fused-ring (bicyclic) bond motifs is 1. The van der Waals surface area contributed by atoms with Crippen molar-refractivity contribution in [1.82, 2.24) is 25.0 Å². The van der Waals surface area contributed by atoms with Crippen LogP contribution in [-0.2, 0) is 11.2 Å². The topological polar surface area (TPSA) is 98.2 Å². The summed E-state index contributed by atoms with van der Waals surface area (Å²) in [6.45, 7) is 5.60. The summed E-state index contributed by atoms with van der Waals surface area (Å²) in [6, 6.07) is 11.4. The number of carbonyl (C=O) groups is 1. The normalized spacial score (nSPS) is 11.1. The van der Waals surface area contributed by atoms with Gasteiger partial charge in [-0.1, -0.05) is 17.3 Å². The third kappa shape index (κ3) is 3.48. The minimum absolute atomic E-state index is 0.0600. The van der Waals surface area contributed by atoms with E-state index in [9.17, 15) is 4.79 Å². The Labute approximate surface area is 161 Å². The summed E-state index contributed by atoms with van der Waals surface area (Å²) in [7, 11) is 0. The van der Waals surface area contributed by atoms with Gasteiger partial charge in [-0.2, -0.15) is 9.61 Å². The summed E-state index contributed by atoms with van der Waals surface area (Å²) in [5.74, 6) is 1.42. The quantitative estimate of drug-likeness (QED) is 0.574. The fraction of sp³-hybridized carbons (Fsp3) is 0.250. The lowest BCUT2D eigenvalue weighted by Gasteiger charge is -2.08. The number of benzene rings is 1. The van der Waals surface area contributed by atoms with Crippen molar-refractivity contribution in [3.63, 3.8) is 0 Å². The van der Waals surface area contributed by atoms with Gasteiger partial charge in [0.1, 0.15) is 5.76 Å². The standard InChI is InChI=1S/C20H20N6O2/c1-12-17(13(2)28-25-12)7-10-20(27)21-16-6-4-5-15(11-16)18-8-9-19-23-22-14(3)26(19)24-18/h4-6,8-9,11H,7,10H2,1-3H3,(H,21,27). The van der Waals surface area contributed by atoms with Gasteiger partial charge in [0, 0.05) is 23.2 Å². The molecular formula is C20H20N6O2. The van der Waals surface area contributed by atoms with Crippen LogP contribution in [0.25, 0.3) is 16.9 Å². The van der Waals surface area contributed by atoms with Crippen molar-refractivity contribution < 1.29 is 9.32 Å². The largest absolute Gasteiger partial charge is 0.361 e. The van der Waals surface area contributed by atoms with Crippen molar-refractivity contribution in [2.24, 2.45) is 0 Å². The summed E-state index contributed by atoms with van der Waals surface area (Å²) < 4.78 is 6.84. The Morgan fingerprint density at radius 2 is 2.00 bits per heavy atom. The summed E-state index contributed by atoms with van der Waals surface area (Å²) in [4.78, 5) is 12.4. The Hall–Kier alpha value is -3.55. The Balaban J connectivity index is 1.48. The molecule has 0 aliphatic heterocycles. The van der Waals surface area contributed by atoms with Gasteiger partial charge in [-0.15, -0.1) is 10.2 Å². The molecule has 8 heteroatoms. The molecule has 3 heterocycles. The van der Waals surface area contributed by atoms with Gasteiger partial charge in [0.05, 0.1) is 11.4 Å². The maximum absolute atomic E-state index is 12.4. The van der Waals surface area contributed by atoms with E-state index in [-0.39, 0.29) is 5.91 Å². The van der Waals surface area contributed by atoms with Crippen LogP contribution in [0.2, 0.25) is 0 Å². The van der Waals surface area contributed by atoms with E-state index in [0.29, 0.717) is 18.5 Å². The second-order valence-electron chi connectivity index (χ2n) is 6.67. The zero-order valence-electron chi connectivity index (χ0n) is 15.9. The zero-order valence-corrected chi connectivity index (χ0v) is 15.9. The first-order valence-electron chi connectivity index (χ1n) is 9.02. The Morgan fingerprint density at radius 3 is 2.79 bits per heavy atom.